The molecule has 1 aliphatic carbocycles. The molecule has 0 fully saturated rings. The van der Waals surface area contributed by atoms with Crippen LogP contribution in [0.3, 0.4) is 0 Å². The Morgan fingerprint density at radius 3 is 2.67 bits per heavy atom. The lowest BCUT2D eigenvalue weighted by Gasteiger charge is -2.14. The van der Waals surface area contributed by atoms with Crippen molar-refractivity contribution in [2.24, 2.45) is 0 Å². The van der Waals surface area contributed by atoms with E-state index in [1.54, 1.807) is 13.0 Å². The highest BCUT2D eigenvalue weighted by atomic mass is 16.5. The minimum atomic E-state index is -0.909. The number of phenolic OH excluding ortho intramolecular Hbond substituents is 1. The summed E-state index contributed by atoms with van der Waals surface area (Å²) in [4.78, 5) is 24.5. The van der Waals surface area contributed by atoms with Gasteiger partial charge in [0.15, 0.2) is 16.8 Å². The third-order valence-electron chi connectivity index (χ3n) is 4.41. The summed E-state index contributed by atoms with van der Waals surface area (Å²) in [6.45, 7) is 1.63. The van der Waals surface area contributed by atoms with Gasteiger partial charge in [-0.25, -0.2) is 0 Å². The lowest BCUT2D eigenvalue weighted by atomic mass is 9.97. The van der Waals surface area contributed by atoms with E-state index in [4.69, 9.17) is 9.15 Å². The second-order valence-corrected chi connectivity index (χ2v) is 5.94. The van der Waals surface area contributed by atoms with Gasteiger partial charge in [0.2, 0.25) is 0 Å². The highest BCUT2D eigenvalue weighted by Crippen LogP contribution is 2.45. The largest absolute Gasteiger partial charge is 0.507 e. The van der Waals surface area contributed by atoms with Gasteiger partial charge in [-0.2, -0.15) is 0 Å². The molecule has 3 aromatic rings. The maximum atomic E-state index is 12.3. The van der Waals surface area contributed by atoms with Crippen molar-refractivity contribution in [2.45, 2.75) is 19.4 Å². The van der Waals surface area contributed by atoms with Crippen LogP contribution in [0, 0.1) is 6.92 Å². The first-order valence-corrected chi connectivity index (χ1v) is 7.44. The quantitative estimate of drug-likeness (QED) is 0.667. The number of benzene rings is 2. The smallest absolute Gasteiger partial charge is 0.196 e. The second-order valence-electron chi connectivity index (χ2n) is 5.94. The fraction of sp³-hybridized carbons (Fsp3) is 0.222. The summed E-state index contributed by atoms with van der Waals surface area (Å²) in [6, 6.07) is 4.34. The minimum absolute atomic E-state index is 0.0189. The number of ketones is 1. The molecule has 0 amide bonds. The van der Waals surface area contributed by atoms with Crippen molar-refractivity contribution in [2.75, 3.05) is 7.11 Å². The summed E-state index contributed by atoms with van der Waals surface area (Å²) in [7, 11) is 1.42. The number of carbonyl (C=O) groups is 1. The zero-order valence-corrected chi connectivity index (χ0v) is 13.0. The molecule has 0 spiro atoms. The van der Waals surface area contributed by atoms with Crippen molar-refractivity contribution in [3.8, 4) is 11.5 Å². The fourth-order valence-corrected chi connectivity index (χ4v) is 3.44. The Balaban J connectivity index is 2.31. The van der Waals surface area contributed by atoms with E-state index < -0.39 is 6.10 Å². The summed E-state index contributed by atoms with van der Waals surface area (Å²) >= 11 is 0. The van der Waals surface area contributed by atoms with Gasteiger partial charge in [0, 0.05) is 12.5 Å². The monoisotopic (exact) mass is 326 g/mol. The van der Waals surface area contributed by atoms with Gasteiger partial charge in [-0.05, 0) is 30.0 Å². The van der Waals surface area contributed by atoms with E-state index >= 15 is 0 Å². The van der Waals surface area contributed by atoms with Gasteiger partial charge in [-0.1, -0.05) is 0 Å². The molecule has 24 heavy (non-hydrogen) atoms. The zero-order valence-electron chi connectivity index (χ0n) is 13.0. The number of fused-ring (bicyclic) bond motifs is 4. The average molecular weight is 326 g/mol. The highest BCUT2D eigenvalue weighted by molar-refractivity contribution is 6.16. The van der Waals surface area contributed by atoms with E-state index in [1.807, 2.05) is 0 Å². The Bertz CT molecular complexity index is 1090. The van der Waals surface area contributed by atoms with Gasteiger partial charge >= 0.3 is 0 Å². The predicted molar refractivity (Wildman–Crippen MR) is 86.9 cm³/mol. The van der Waals surface area contributed by atoms with E-state index in [0.717, 1.165) is 0 Å². The van der Waals surface area contributed by atoms with Crippen LogP contribution in [0.25, 0.3) is 21.7 Å². The Labute approximate surface area is 135 Å². The Morgan fingerprint density at radius 2 is 1.96 bits per heavy atom. The number of aromatic hydroxyl groups is 1. The second kappa shape index (κ2) is 4.82. The van der Waals surface area contributed by atoms with Crippen LogP contribution in [0.4, 0.5) is 0 Å². The molecule has 1 aliphatic rings. The van der Waals surface area contributed by atoms with E-state index in [9.17, 15) is 19.8 Å². The molecule has 1 atom stereocenters. The molecule has 122 valence electrons. The van der Waals surface area contributed by atoms with Crippen LogP contribution < -0.4 is 10.2 Å². The third-order valence-corrected chi connectivity index (χ3v) is 4.41. The van der Waals surface area contributed by atoms with E-state index in [2.05, 4.69) is 0 Å². The van der Waals surface area contributed by atoms with E-state index in [-0.39, 0.29) is 40.1 Å². The number of methoxy groups -OCH3 is 1. The van der Waals surface area contributed by atoms with Gasteiger partial charge in [0.05, 0.1) is 24.2 Å². The number of hydrogen-bond donors (Lipinski definition) is 2. The molecule has 2 N–H and O–H groups in total. The molecule has 0 aliphatic heterocycles. The summed E-state index contributed by atoms with van der Waals surface area (Å²) in [6.07, 6.45) is -0.928. The molecule has 1 aromatic heterocycles. The molecule has 4 rings (SSSR count). The normalized spacial score (nSPS) is 16.8. The van der Waals surface area contributed by atoms with Crippen molar-refractivity contribution in [1.29, 1.82) is 0 Å². The SMILES string of the molecule is COc1c2c(cc3cc(O)c4c(=O)cc(C)oc4c13)C(O)CC2=O. The van der Waals surface area contributed by atoms with Gasteiger partial charge in [-0.3, -0.25) is 9.59 Å². The van der Waals surface area contributed by atoms with Crippen LogP contribution in [0.15, 0.2) is 27.4 Å². The van der Waals surface area contributed by atoms with Crippen molar-refractivity contribution < 1.29 is 24.2 Å². The zero-order chi connectivity index (χ0) is 17.2. The molecular formula is C18H14O6. The van der Waals surface area contributed by atoms with Crippen LogP contribution in [-0.4, -0.2) is 23.1 Å². The van der Waals surface area contributed by atoms with Crippen molar-refractivity contribution >= 4 is 27.5 Å². The van der Waals surface area contributed by atoms with Crippen molar-refractivity contribution in [1.82, 2.24) is 0 Å². The van der Waals surface area contributed by atoms with E-state index in [1.165, 1.54) is 19.2 Å². The van der Waals surface area contributed by atoms with Gasteiger partial charge in [-0.15, -0.1) is 0 Å². The first-order valence-electron chi connectivity index (χ1n) is 7.44. The van der Waals surface area contributed by atoms with Crippen LogP contribution >= 0.6 is 0 Å². The molecular weight excluding hydrogens is 312 g/mol. The molecule has 6 heteroatoms. The molecule has 0 bridgehead atoms. The summed E-state index contributed by atoms with van der Waals surface area (Å²) in [5, 5.41) is 21.3. The lowest BCUT2D eigenvalue weighted by Crippen LogP contribution is -2.03. The first-order chi connectivity index (χ1) is 11.4. The molecule has 1 heterocycles. The Hall–Kier alpha value is -2.86. The summed E-state index contributed by atoms with van der Waals surface area (Å²) in [5.41, 5.74) is 0.553. The van der Waals surface area contributed by atoms with Crippen molar-refractivity contribution in [3.63, 3.8) is 0 Å². The average Bonchev–Trinajstić information content (AvgIpc) is 2.79. The Morgan fingerprint density at radius 1 is 1.21 bits per heavy atom. The maximum absolute atomic E-state index is 12.3. The number of phenols is 1. The standard InChI is InChI=1S/C18H14O6/c1-7-3-11(20)16-12(21)5-8-4-9-10(19)6-13(22)15(9)17(23-2)14(8)18(16)24-7/h3-5,10,19,21H,6H2,1-2H3. The van der Waals surface area contributed by atoms with E-state index in [0.29, 0.717) is 27.7 Å². The van der Waals surface area contributed by atoms with Crippen LogP contribution in [0.5, 0.6) is 11.5 Å². The predicted octanol–water partition coefficient (Wildman–Crippen LogP) is 2.59. The summed E-state index contributed by atoms with van der Waals surface area (Å²) < 4.78 is 11.1. The molecule has 0 saturated carbocycles. The topological polar surface area (TPSA) is 97.0 Å². The molecule has 6 nitrogen and oxygen atoms in total. The van der Waals surface area contributed by atoms with Gasteiger partial charge < -0.3 is 19.4 Å². The number of hydrogen-bond acceptors (Lipinski definition) is 6. The number of aliphatic hydroxyl groups is 1. The number of rotatable bonds is 1. The maximum Gasteiger partial charge on any atom is 0.196 e. The van der Waals surface area contributed by atoms with Gasteiger partial charge in [0.1, 0.15) is 22.6 Å². The van der Waals surface area contributed by atoms with Crippen LogP contribution in [0.2, 0.25) is 0 Å². The number of Topliss-reactive ketones (excluding diaryl/α,β-unsaturated/α-hetero) is 1. The highest BCUT2D eigenvalue weighted by Gasteiger charge is 2.33. The molecule has 2 aromatic carbocycles. The number of aryl methyl sites for hydroxylation is 1. The summed E-state index contributed by atoms with van der Waals surface area (Å²) in [5.74, 6) is 0.190. The number of ether oxygens (including phenoxy) is 1. The lowest BCUT2D eigenvalue weighted by molar-refractivity contribution is 0.0928. The molecule has 1 unspecified atom stereocenters. The van der Waals surface area contributed by atoms with Gasteiger partial charge in [0.25, 0.3) is 0 Å². The van der Waals surface area contributed by atoms with Crippen molar-refractivity contribution in [3.05, 3.63) is 45.3 Å². The minimum Gasteiger partial charge on any atom is -0.507 e. The third kappa shape index (κ3) is 1.80. The van der Waals surface area contributed by atoms with Crippen LogP contribution in [-0.2, 0) is 0 Å². The molecule has 0 saturated heterocycles. The molecule has 0 radical (unpaired) electrons. The first kappa shape index (κ1) is 14.7. The van der Waals surface area contributed by atoms with Crippen LogP contribution in [0.1, 0.15) is 34.2 Å². The Kier molecular flexibility index (Phi) is 2.95. The number of carbonyl (C=O) groups excluding carboxylic acids is 1. The number of aliphatic hydroxyl groups excluding tert-OH is 1. The fourth-order valence-electron chi connectivity index (χ4n) is 3.44.